The molecular weight excluding hydrogens is 426 g/mol. The van der Waals surface area contributed by atoms with Crippen molar-refractivity contribution in [3.8, 4) is 17.2 Å². The van der Waals surface area contributed by atoms with Crippen molar-refractivity contribution in [3.63, 3.8) is 0 Å². The van der Waals surface area contributed by atoms with Crippen molar-refractivity contribution in [2.24, 2.45) is 7.05 Å². The summed E-state index contributed by atoms with van der Waals surface area (Å²) in [5, 5.41) is 20.1. The van der Waals surface area contributed by atoms with Gasteiger partial charge in [-0.25, -0.2) is 0 Å². The number of nitrogens with zero attached hydrogens (tertiary/aromatic N) is 4. The molecule has 0 spiro atoms. The molecule has 4 aromatic rings. The summed E-state index contributed by atoms with van der Waals surface area (Å²) in [7, 11) is 1.86. The van der Waals surface area contributed by atoms with Crippen LogP contribution in [-0.2, 0) is 13.5 Å². The number of rotatable bonds is 10. The Morgan fingerprint density at radius 2 is 1.91 bits per heavy atom. The molecule has 0 aliphatic heterocycles. The maximum Gasteiger partial charge on any atom is 0.271 e. The first-order chi connectivity index (χ1) is 16.6. The van der Waals surface area contributed by atoms with Crippen LogP contribution in [0.5, 0.6) is 0 Å². The Hall–Kier alpha value is -4.22. The average Bonchev–Trinajstić information content (AvgIpc) is 3.31. The molecule has 0 saturated carbocycles. The van der Waals surface area contributed by atoms with E-state index in [1.165, 1.54) is 5.56 Å². The van der Waals surface area contributed by atoms with Gasteiger partial charge in [-0.15, -0.1) is 0 Å². The van der Waals surface area contributed by atoms with E-state index in [2.05, 4.69) is 31.8 Å². The minimum absolute atomic E-state index is 0.106. The highest BCUT2D eigenvalue weighted by Gasteiger charge is 2.12. The van der Waals surface area contributed by atoms with Gasteiger partial charge in [-0.3, -0.25) is 14.5 Å². The molecule has 0 bridgehead atoms. The summed E-state index contributed by atoms with van der Waals surface area (Å²) < 4.78 is 1.73. The number of aromatic nitrogens is 4. The number of pyridine rings is 2. The van der Waals surface area contributed by atoms with Crippen molar-refractivity contribution in [2.45, 2.75) is 18.9 Å². The van der Waals surface area contributed by atoms with Crippen molar-refractivity contribution in [2.75, 3.05) is 18.4 Å². The zero-order valence-corrected chi connectivity index (χ0v) is 19.0. The number of benzene rings is 1. The van der Waals surface area contributed by atoms with E-state index in [1.54, 1.807) is 29.5 Å². The van der Waals surface area contributed by atoms with Gasteiger partial charge >= 0.3 is 0 Å². The maximum atomic E-state index is 12.3. The van der Waals surface area contributed by atoms with E-state index >= 15 is 0 Å². The van der Waals surface area contributed by atoms with Gasteiger partial charge in [0, 0.05) is 55.5 Å². The van der Waals surface area contributed by atoms with Crippen molar-refractivity contribution in [3.05, 3.63) is 100 Å². The third kappa shape index (κ3) is 5.97. The van der Waals surface area contributed by atoms with Gasteiger partial charge in [0.05, 0.1) is 17.8 Å². The number of nitrogens with one attached hydrogen (secondary N) is 3. The SMILES string of the molecule is Cn1cc(-c2c[nH]c(=O)c(NCCC(NCCc3ccc(C#N)cc3)c3ccncc3)c2)cn1. The van der Waals surface area contributed by atoms with Crippen LogP contribution in [0.3, 0.4) is 0 Å². The molecule has 1 unspecified atom stereocenters. The molecule has 0 aliphatic carbocycles. The molecule has 8 nitrogen and oxygen atoms in total. The largest absolute Gasteiger partial charge is 0.381 e. The first kappa shape index (κ1) is 23.0. The van der Waals surface area contributed by atoms with Gasteiger partial charge in [0.25, 0.3) is 5.56 Å². The molecule has 0 radical (unpaired) electrons. The normalized spacial score (nSPS) is 11.6. The fourth-order valence-electron chi connectivity index (χ4n) is 3.82. The lowest BCUT2D eigenvalue weighted by molar-refractivity contribution is 0.513. The van der Waals surface area contributed by atoms with Crippen LogP contribution in [0.15, 0.2) is 78.2 Å². The number of anilines is 1. The molecule has 172 valence electrons. The van der Waals surface area contributed by atoms with E-state index in [0.29, 0.717) is 17.8 Å². The molecular formula is C26H27N7O. The predicted molar refractivity (Wildman–Crippen MR) is 132 cm³/mol. The van der Waals surface area contributed by atoms with Crippen molar-refractivity contribution >= 4 is 5.69 Å². The van der Waals surface area contributed by atoms with Crippen LogP contribution in [0, 0.1) is 11.3 Å². The van der Waals surface area contributed by atoms with Gasteiger partial charge < -0.3 is 15.6 Å². The predicted octanol–water partition coefficient (Wildman–Crippen LogP) is 3.42. The Bertz CT molecular complexity index is 1300. The van der Waals surface area contributed by atoms with Crippen LogP contribution in [-0.4, -0.2) is 32.8 Å². The van der Waals surface area contributed by atoms with E-state index in [4.69, 9.17) is 5.26 Å². The summed E-state index contributed by atoms with van der Waals surface area (Å²) in [5.74, 6) is 0. The molecule has 0 amide bonds. The molecule has 0 saturated heterocycles. The van der Waals surface area contributed by atoms with Gasteiger partial charge in [-0.2, -0.15) is 10.4 Å². The fraction of sp³-hybridized carbons (Fsp3) is 0.231. The fourth-order valence-corrected chi connectivity index (χ4v) is 3.82. The van der Waals surface area contributed by atoms with Gasteiger partial charge in [-0.1, -0.05) is 12.1 Å². The average molecular weight is 454 g/mol. The second-order valence-electron chi connectivity index (χ2n) is 8.10. The number of aryl methyl sites for hydroxylation is 1. The smallest absolute Gasteiger partial charge is 0.271 e. The number of hydrogen-bond acceptors (Lipinski definition) is 6. The molecule has 3 aromatic heterocycles. The Balaban J connectivity index is 1.38. The van der Waals surface area contributed by atoms with Crippen LogP contribution >= 0.6 is 0 Å². The highest BCUT2D eigenvalue weighted by molar-refractivity contribution is 5.65. The van der Waals surface area contributed by atoms with Crippen molar-refractivity contribution in [1.82, 2.24) is 25.1 Å². The Morgan fingerprint density at radius 1 is 1.12 bits per heavy atom. The topological polar surface area (TPSA) is 111 Å². The summed E-state index contributed by atoms with van der Waals surface area (Å²) in [6.07, 6.45) is 10.6. The van der Waals surface area contributed by atoms with Crippen molar-refractivity contribution in [1.29, 1.82) is 5.26 Å². The van der Waals surface area contributed by atoms with E-state index < -0.39 is 0 Å². The maximum absolute atomic E-state index is 12.3. The highest BCUT2D eigenvalue weighted by Crippen LogP contribution is 2.20. The number of hydrogen-bond donors (Lipinski definition) is 3. The third-order valence-corrected chi connectivity index (χ3v) is 5.69. The molecule has 4 rings (SSSR count). The minimum Gasteiger partial charge on any atom is -0.381 e. The van der Waals surface area contributed by atoms with Gasteiger partial charge in [-0.05, 0) is 60.8 Å². The van der Waals surface area contributed by atoms with Crippen molar-refractivity contribution < 1.29 is 0 Å². The lowest BCUT2D eigenvalue weighted by Gasteiger charge is -2.20. The quantitative estimate of drug-likeness (QED) is 0.339. The molecule has 0 aliphatic rings. The molecule has 1 atom stereocenters. The van der Waals surface area contributed by atoms with Gasteiger partial charge in [0.2, 0.25) is 0 Å². The molecule has 3 N–H and O–H groups in total. The first-order valence-electron chi connectivity index (χ1n) is 11.2. The number of aromatic amines is 1. The summed E-state index contributed by atoms with van der Waals surface area (Å²) >= 11 is 0. The minimum atomic E-state index is -0.151. The van der Waals surface area contributed by atoms with Gasteiger partial charge in [0.15, 0.2) is 0 Å². The highest BCUT2D eigenvalue weighted by atomic mass is 16.1. The molecule has 34 heavy (non-hydrogen) atoms. The lowest BCUT2D eigenvalue weighted by Crippen LogP contribution is -2.26. The van der Waals surface area contributed by atoms with E-state index in [1.807, 2.05) is 55.7 Å². The number of H-pyrrole nitrogens is 1. The zero-order chi connectivity index (χ0) is 23.8. The number of nitriles is 1. The van der Waals surface area contributed by atoms with Crippen LogP contribution < -0.4 is 16.2 Å². The second kappa shape index (κ2) is 11.1. The van der Waals surface area contributed by atoms with E-state index in [9.17, 15) is 4.79 Å². The Morgan fingerprint density at radius 3 is 2.62 bits per heavy atom. The molecule has 3 heterocycles. The van der Waals surface area contributed by atoms with Gasteiger partial charge in [0.1, 0.15) is 5.69 Å². The van der Waals surface area contributed by atoms with Crippen LogP contribution in [0.25, 0.3) is 11.1 Å². The lowest BCUT2D eigenvalue weighted by atomic mass is 10.0. The molecule has 0 fully saturated rings. The standard InChI is InChI=1S/C26H27N7O/c1-33-18-23(17-32-33)22-14-25(26(34)31-16-22)30-13-9-24(21-7-10-28-11-8-21)29-12-6-19-2-4-20(15-27)5-3-19/h2-5,7-8,10-11,14,16-18,24,29-30H,6,9,12-13H2,1H3,(H,31,34). The first-order valence-corrected chi connectivity index (χ1v) is 11.2. The second-order valence-corrected chi connectivity index (χ2v) is 8.10. The van der Waals surface area contributed by atoms with E-state index in [0.717, 1.165) is 36.1 Å². The molecule has 8 heteroatoms. The zero-order valence-electron chi connectivity index (χ0n) is 19.0. The van der Waals surface area contributed by atoms with E-state index in [-0.39, 0.29) is 11.6 Å². The molecule has 1 aromatic carbocycles. The van der Waals surface area contributed by atoms with Crippen LogP contribution in [0.4, 0.5) is 5.69 Å². The van der Waals surface area contributed by atoms with Crippen LogP contribution in [0.1, 0.15) is 29.2 Å². The summed E-state index contributed by atoms with van der Waals surface area (Å²) in [6.45, 7) is 1.41. The third-order valence-electron chi connectivity index (χ3n) is 5.69. The summed E-state index contributed by atoms with van der Waals surface area (Å²) in [6, 6.07) is 15.8. The Labute approximate surface area is 198 Å². The summed E-state index contributed by atoms with van der Waals surface area (Å²) in [5.41, 5.74) is 5.23. The van der Waals surface area contributed by atoms with Crippen LogP contribution in [0.2, 0.25) is 0 Å². The Kier molecular flexibility index (Phi) is 7.48. The summed E-state index contributed by atoms with van der Waals surface area (Å²) in [4.78, 5) is 19.3. The monoisotopic (exact) mass is 453 g/mol.